The molecule has 1 aromatic heterocycles. The lowest BCUT2D eigenvalue weighted by Crippen LogP contribution is -2.39. The number of halogens is 1. The zero-order valence-electron chi connectivity index (χ0n) is 11.3. The Kier molecular flexibility index (Phi) is 8.63. The molecule has 1 heterocycles. The number of amides is 1. The molecule has 1 amide bonds. The van der Waals surface area contributed by atoms with Crippen molar-refractivity contribution in [3.8, 4) is 0 Å². The lowest BCUT2D eigenvalue weighted by Gasteiger charge is -2.15. The Morgan fingerprint density at radius 1 is 1.47 bits per heavy atom. The summed E-state index contributed by atoms with van der Waals surface area (Å²) in [6.07, 6.45) is 3.02. The summed E-state index contributed by atoms with van der Waals surface area (Å²) in [7, 11) is 0. The predicted octanol–water partition coefficient (Wildman–Crippen LogP) is 2.62. The second kappa shape index (κ2) is 9.07. The van der Waals surface area contributed by atoms with Gasteiger partial charge in [0.1, 0.15) is 0 Å². The van der Waals surface area contributed by atoms with Crippen LogP contribution in [0.3, 0.4) is 0 Å². The molecule has 1 atom stereocenters. The first-order valence-corrected chi connectivity index (χ1v) is 7.06. The van der Waals surface area contributed by atoms with Crippen LogP contribution in [0.1, 0.15) is 53.1 Å². The van der Waals surface area contributed by atoms with Crippen LogP contribution in [-0.2, 0) is 0 Å². The Balaban J connectivity index is 0.00000324. The van der Waals surface area contributed by atoms with E-state index in [-0.39, 0.29) is 30.1 Å². The van der Waals surface area contributed by atoms with E-state index in [1.807, 2.05) is 0 Å². The van der Waals surface area contributed by atoms with Crippen molar-refractivity contribution in [2.75, 3.05) is 6.54 Å². The number of rotatable bonds is 7. The average Bonchev–Trinajstić information content (AvgIpc) is 2.83. The van der Waals surface area contributed by atoms with Crippen LogP contribution < -0.4 is 11.1 Å². The van der Waals surface area contributed by atoms with Crippen molar-refractivity contribution in [3.63, 3.8) is 0 Å². The van der Waals surface area contributed by atoms with E-state index in [1.165, 1.54) is 18.3 Å². The van der Waals surface area contributed by atoms with Crippen molar-refractivity contribution in [1.29, 1.82) is 0 Å². The predicted molar refractivity (Wildman–Crippen MR) is 81.4 cm³/mol. The molecule has 3 N–H and O–H groups in total. The number of Topliss-reactive ketones (excluding diaryl/α,β-unsaturated/α-hetero) is 1. The summed E-state index contributed by atoms with van der Waals surface area (Å²) >= 11 is 1.29. The van der Waals surface area contributed by atoms with Gasteiger partial charge in [0.2, 0.25) is 0 Å². The fourth-order valence-corrected chi connectivity index (χ4v) is 2.44. The minimum absolute atomic E-state index is 0. The third-order valence-corrected chi connectivity index (χ3v) is 3.68. The highest BCUT2D eigenvalue weighted by atomic mass is 35.5. The van der Waals surface area contributed by atoms with Crippen LogP contribution in [0.5, 0.6) is 0 Å². The second-order valence-electron chi connectivity index (χ2n) is 4.30. The van der Waals surface area contributed by atoms with Gasteiger partial charge in [-0.1, -0.05) is 19.8 Å². The Bertz CT molecular complexity index is 421. The van der Waals surface area contributed by atoms with Crippen LogP contribution >= 0.6 is 23.7 Å². The number of unbranched alkanes of at least 4 members (excludes halogenated alkanes) is 1. The summed E-state index contributed by atoms with van der Waals surface area (Å²) in [5.41, 5.74) is 6.21. The quantitative estimate of drug-likeness (QED) is 0.761. The molecule has 0 saturated carbocycles. The lowest BCUT2D eigenvalue weighted by atomic mass is 10.1. The Morgan fingerprint density at radius 2 is 2.16 bits per heavy atom. The number of nitrogens with one attached hydrogen (secondary N) is 1. The SMILES string of the molecule is CCCCC(CN)NC(=O)c1cc(C(C)=O)cs1.Cl. The number of hydrogen-bond acceptors (Lipinski definition) is 4. The van der Waals surface area contributed by atoms with Gasteiger partial charge in [-0.25, -0.2) is 0 Å². The summed E-state index contributed by atoms with van der Waals surface area (Å²) in [4.78, 5) is 23.7. The molecule has 0 aromatic carbocycles. The molecular formula is C13H21ClN2O2S. The van der Waals surface area contributed by atoms with E-state index in [0.717, 1.165) is 19.3 Å². The van der Waals surface area contributed by atoms with Gasteiger partial charge in [0.25, 0.3) is 5.91 Å². The molecule has 0 saturated heterocycles. The highest BCUT2D eigenvalue weighted by Crippen LogP contribution is 2.15. The molecule has 0 fully saturated rings. The molecule has 1 unspecified atom stereocenters. The normalized spacial score (nSPS) is 11.5. The highest BCUT2D eigenvalue weighted by molar-refractivity contribution is 7.12. The third kappa shape index (κ3) is 5.72. The fraction of sp³-hybridized carbons (Fsp3) is 0.538. The number of nitrogens with two attached hydrogens (primary N) is 1. The molecule has 0 aliphatic heterocycles. The van der Waals surface area contributed by atoms with Gasteiger partial charge >= 0.3 is 0 Å². The Labute approximate surface area is 124 Å². The van der Waals surface area contributed by atoms with Gasteiger partial charge in [-0.2, -0.15) is 0 Å². The van der Waals surface area contributed by atoms with Crippen molar-refractivity contribution in [2.45, 2.75) is 39.2 Å². The van der Waals surface area contributed by atoms with Gasteiger partial charge in [-0.05, 0) is 19.4 Å². The number of thiophene rings is 1. The maximum atomic E-state index is 11.9. The molecule has 0 aliphatic rings. The molecule has 6 heteroatoms. The van der Waals surface area contributed by atoms with Crippen LogP contribution in [0.15, 0.2) is 11.4 Å². The second-order valence-corrected chi connectivity index (χ2v) is 5.22. The first-order valence-electron chi connectivity index (χ1n) is 6.18. The number of carbonyl (C=O) groups excluding carboxylic acids is 2. The average molecular weight is 305 g/mol. The lowest BCUT2D eigenvalue weighted by molar-refractivity contribution is 0.0940. The minimum atomic E-state index is -0.140. The minimum Gasteiger partial charge on any atom is -0.347 e. The van der Waals surface area contributed by atoms with Crippen molar-refractivity contribution >= 4 is 35.4 Å². The smallest absolute Gasteiger partial charge is 0.261 e. The largest absolute Gasteiger partial charge is 0.347 e. The van der Waals surface area contributed by atoms with Crippen molar-refractivity contribution in [3.05, 3.63) is 21.9 Å². The highest BCUT2D eigenvalue weighted by Gasteiger charge is 2.14. The van der Waals surface area contributed by atoms with Gasteiger partial charge in [-0.3, -0.25) is 9.59 Å². The van der Waals surface area contributed by atoms with Gasteiger partial charge in [0, 0.05) is 23.5 Å². The Hall–Kier alpha value is -0.910. The fourth-order valence-electron chi connectivity index (χ4n) is 1.60. The Morgan fingerprint density at radius 3 is 2.63 bits per heavy atom. The molecule has 0 bridgehead atoms. The number of carbonyl (C=O) groups is 2. The molecule has 1 rings (SSSR count). The molecule has 4 nitrogen and oxygen atoms in total. The molecule has 0 aliphatic carbocycles. The van der Waals surface area contributed by atoms with Crippen LogP contribution in [0.25, 0.3) is 0 Å². The summed E-state index contributed by atoms with van der Waals surface area (Å²) in [6.45, 7) is 4.04. The zero-order valence-corrected chi connectivity index (χ0v) is 12.9. The van der Waals surface area contributed by atoms with Crippen molar-refractivity contribution < 1.29 is 9.59 Å². The van der Waals surface area contributed by atoms with E-state index < -0.39 is 0 Å². The van der Waals surface area contributed by atoms with E-state index in [4.69, 9.17) is 5.73 Å². The van der Waals surface area contributed by atoms with Gasteiger partial charge in [-0.15, -0.1) is 23.7 Å². The van der Waals surface area contributed by atoms with Crippen LogP contribution in [-0.4, -0.2) is 24.3 Å². The van der Waals surface area contributed by atoms with Crippen molar-refractivity contribution in [1.82, 2.24) is 5.32 Å². The topological polar surface area (TPSA) is 72.2 Å². The van der Waals surface area contributed by atoms with Crippen LogP contribution in [0, 0.1) is 0 Å². The molecule has 1 aromatic rings. The zero-order chi connectivity index (χ0) is 13.5. The van der Waals surface area contributed by atoms with E-state index in [1.54, 1.807) is 11.4 Å². The van der Waals surface area contributed by atoms with Gasteiger partial charge < -0.3 is 11.1 Å². The van der Waals surface area contributed by atoms with Crippen molar-refractivity contribution in [2.24, 2.45) is 5.73 Å². The standard InChI is InChI=1S/C13H20N2O2S.ClH/c1-3-4-5-11(7-14)15-13(17)12-6-10(8-18-12)9(2)16;/h6,8,11H,3-5,7,14H2,1-2H3,(H,15,17);1H. The summed E-state index contributed by atoms with van der Waals surface area (Å²) in [5.74, 6) is -0.161. The maximum Gasteiger partial charge on any atom is 0.261 e. The summed E-state index contributed by atoms with van der Waals surface area (Å²) in [6, 6.07) is 1.65. The van der Waals surface area contributed by atoms with Crippen LogP contribution in [0.4, 0.5) is 0 Å². The maximum absolute atomic E-state index is 11.9. The van der Waals surface area contributed by atoms with Gasteiger partial charge in [0.05, 0.1) is 4.88 Å². The van der Waals surface area contributed by atoms with E-state index in [0.29, 0.717) is 17.0 Å². The van der Waals surface area contributed by atoms with Gasteiger partial charge in [0.15, 0.2) is 5.78 Å². The molecule has 19 heavy (non-hydrogen) atoms. The number of ketones is 1. The molecule has 0 spiro atoms. The van der Waals surface area contributed by atoms with E-state index >= 15 is 0 Å². The monoisotopic (exact) mass is 304 g/mol. The molecule has 108 valence electrons. The van der Waals surface area contributed by atoms with E-state index in [9.17, 15) is 9.59 Å². The summed E-state index contributed by atoms with van der Waals surface area (Å²) in [5, 5.41) is 4.61. The van der Waals surface area contributed by atoms with Crippen LogP contribution in [0.2, 0.25) is 0 Å². The third-order valence-electron chi connectivity index (χ3n) is 2.76. The number of hydrogen-bond donors (Lipinski definition) is 2. The first kappa shape index (κ1) is 18.1. The van der Waals surface area contributed by atoms with E-state index in [2.05, 4.69) is 12.2 Å². The summed E-state index contributed by atoms with van der Waals surface area (Å²) < 4.78 is 0. The molecular weight excluding hydrogens is 284 g/mol. The first-order chi connectivity index (χ1) is 8.58. The molecule has 0 radical (unpaired) electrons.